The van der Waals surface area contributed by atoms with Gasteiger partial charge in [0.05, 0.1) is 16.8 Å². The minimum absolute atomic E-state index is 0.152. The van der Waals surface area contributed by atoms with Crippen LogP contribution in [0.15, 0.2) is 197 Å². The lowest BCUT2D eigenvalue weighted by Gasteiger charge is -2.30. The molecule has 3 nitrogen and oxygen atoms in total. The molecule has 0 N–H and O–H groups in total. The molecule has 3 heteroatoms. The quantitative estimate of drug-likeness (QED) is 0.176. The van der Waals surface area contributed by atoms with Crippen molar-refractivity contribution in [2.24, 2.45) is 0 Å². The molecule has 0 bridgehead atoms. The molecule has 0 radical (unpaired) electrons. The highest BCUT2D eigenvalue weighted by Gasteiger charge is 2.38. The zero-order valence-electron chi connectivity index (χ0n) is 32.2. The first-order valence-corrected chi connectivity index (χ1v) is 20.0. The highest BCUT2D eigenvalue weighted by Crippen LogP contribution is 2.55. The molecular formula is C55H37NO2. The molecule has 0 atom stereocenters. The van der Waals surface area contributed by atoms with Crippen LogP contribution >= 0.6 is 0 Å². The van der Waals surface area contributed by atoms with Crippen LogP contribution in [0.4, 0.5) is 17.1 Å². The van der Waals surface area contributed by atoms with Gasteiger partial charge in [-0.15, -0.1) is 0 Å². The van der Waals surface area contributed by atoms with Crippen LogP contribution in [0, 0.1) is 0 Å². The smallest absolute Gasteiger partial charge is 0.145 e. The number of para-hydroxylation sites is 2. The standard InChI is InChI=1S/C55H37NO2/c1-55(2)44-19-8-5-15-41(44)52-45(55)20-12-21-46(52)56(38-29-27-35(28-30-38)39-18-11-24-50-51(39)42-16-6-9-22-48(42)57-50)47-32-31-40(37-26-25-34-13-3-4-14-36(34)33-37)54-53(47)43-17-7-10-23-49(43)58-54/h3-33H,1-2H3. The van der Waals surface area contributed by atoms with Crippen molar-refractivity contribution < 1.29 is 8.83 Å². The summed E-state index contributed by atoms with van der Waals surface area (Å²) in [6.45, 7) is 4.70. The summed E-state index contributed by atoms with van der Waals surface area (Å²) in [5.74, 6) is 0. The van der Waals surface area contributed by atoms with E-state index in [1.165, 1.54) is 33.0 Å². The number of furan rings is 2. The van der Waals surface area contributed by atoms with E-state index in [9.17, 15) is 0 Å². The molecule has 0 spiro atoms. The Morgan fingerprint density at radius 3 is 1.90 bits per heavy atom. The maximum Gasteiger partial charge on any atom is 0.145 e. The fraction of sp³-hybridized carbons (Fsp3) is 0.0545. The van der Waals surface area contributed by atoms with Crippen molar-refractivity contribution >= 4 is 71.7 Å². The van der Waals surface area contributed by atoms with Crippen LogP contribution < -0.4 is 4.90 Å². The van der Waals surface area contributed by atoms with E-state index in [4.69, 9.17) is 8.83 Å². The molecule has 2 heterocycles. The Hall–Kier alpha value is -7.36. The van der Waals surface area contributed by atoms with Crippen molar-refractivity contribution in [1.29, 1.82) is 0 Å². The van der Waals surface area contributed by atoms with Gasteiger partial charge in [-0.25, -0.2) is 0 Å². The van der Waals surface area contributed by atoms with E-state index in [0.717, 1.165) is 83.2 Å². The largest absolute Gasteiger partial charge is 0.456 e. The van der Waals surface area contributed by atoms with Gasteiger partial charge in [-0.05, 0) is 98.8 Å². The summed E-state index contributed by atoms with van der Waals surface area (Å²) in [5.41, 5.74) is 16.4. The van der Waals surface area contributed by atoms with Crippen molar-refractivity contribution in [3.63, 3.8) is 0 Å². The van der Waals surface area contributed by atoms with Crippen LogP contribution in [0.2, 0.25) is 0 Å². The molecule has 0 saturated heterocycles. The van der Waals surface area contributed by atoms with E-state index in [1.807, 2.05) is 12.1 Å². The molecule has 0 aliphatic heterocycles. The monoisotopic (exact) mass is 743 g/mol. The van der Waals surface area contributed by atoms with Crippen molar-refractivity contribution in [3.8, 4) is 33.4 Å². The molecule has 9 aromatic carbocycles. The Balaban J connectivity index is 1.12. The highest BCUT2D eigenvalue weighted by molar-refractivity contribution is 6.18. The molecule has 58 heavy (non-hydrogen) atoms. The minimum atomic E-state index is -0.152. The molecule has 274 valence electrons. The summed E-state index contributed by atoms with van der Waals surface area (Å²) < 4.78 is 13.2. The maximum atomic E-state index is 6.90. The van der Waals surface area contributed by atoms with E-state index in [-0.39, 0.29) is 5.41 Å². The first-order valence-electron chi connectivity index (χ1n) is 20.0. The van der Waals surface area contributed by atoms with Crippen molar-refractivity contribution in [1.82, 2.24) is 0 Å². The molecule has 1 aliphatic carbocycles. The van der Waals surface area contributed by atoms with Gasteiger partial charge in [-0.3, -0.25) is 0 Å². The van der Waals surface area contributed by atoms with Crippen LogP contribution in [0.25, 0.3) is 88.0 Å². The lowest BCUT2D eigenvalue weighted by atomic mass is 9.82. The number of hydrogen-bond acceptors (Lipinski definition) is 3. The van der Waals surface area contributed by atoms with Gasteiger partial charge in [0.25, 0.3) is 0 Å². The number of rotatable bonds is 5. The van der Waals surface area contributed by atoms with E-state index < -0.39 is 0 Å². The van der Waals surface area contributed by atoms with Crippen molar-refractivity contribution in [2.45, 2.75) is 19.3 Å². The second kappa shape index (κ2) is 12.3. The summed E-state index contributed by atoms with van der Waals surface area (Å²) in [5, 5.41) is 6.86. The predicted octanol–water partition coefficient (Wildman–Crippen LogP) is 15.7. The Morgan fingerprint density at radius 2 is 1.05 bits per heavy atom. The fourth-order valence-electron chi connectivity index (χ4n) is 9.72. The average molecular weight is 744 g/mol. The number of benzene rings is 9. The van der Waals surface area contributed by atoms with Crippen LogP contribution in [0.1, 0.15) is 25.0 Å². The van der Waals surface area contributed by atoms with Gasteiger partial charge in [-0.2, -0.15) is 0 Å². The van der Waals surface area contributed by atoms with Crippen LogP contribution in [-0.4, -0.2) is 0 Å². The number of hydrogen-bond donors (Lipinski definition) is 0. The summed E-state index contributed by atoms with van der Waals surface area (Å²) >= 11 is 0. The van der Waals surface area contributed by atoms with Crippen molar-refractivity contribution in [2.75, 3.05) is 4.90 Å². The summed E-state index contributed by atoms with van der Waals surface area (Å²) in [7, 11) is 0. The SMILES string of the molecule is CC1(C)c2ccccc2-c2c(N(c3ccc(-c4cccc5oc6ccccc6c45)cc3)c3ccc(-c4ccc5ccccc5c4)c4oc5ccccc5c34)cccc21. The fourth-order valence-corrected chi connectivity index (χ4v) is 9.72. The molecule has 0 amide bonds. The van der Waals surface area contributed by atoms with Gasteiger partial charge in [0.1, 0.15) is 22.3 Å². The Labute approximate surface area is 336 Å². The summed E-state index contributed by atoms with van der Waals surface area (Å²) in [6, 6.07) is 67.7. The molecule has 2 aromatic heterocycles. The molecule has 0 saturated carbocycles. The Morgan fingerprint density at radius 1 is 0.414 bits per heavy atom. The topological polar surface area (TPSA) is 29.5 Å². The lowest BCUT2D eigenvalue weighted by Crippen LogP contribution is -2.16. The highest BCUT2D eigenvalue weighted by atomic mass is 16.3. The molecule has 1 aliphatic rings. The van der Waals surface area contributed by atoms with Crippen molar-refractivity contribution in [3.05, 3.63) is 199 Å². The van der Waals surface area contributed by atoms with Gasteiger partial charge >= 0.3 is 0 Å². The first-order chi connectivity index (χ1) is 28.5. The zero-order valence-corrected chi connectivity index (χ0v) is 32.2. The molecule has 0 fully saturated rings. The predicted molar refractivity (Wildman–Crippen MR) is 242 cm³/mol. The second-order valence-corrected chi connectivity index (χ2v) is 16.0. The van der Waals surface area contributed by atoms with Gasteiger partial charge in [0.15, 0.2) is 0 Å². The average Bonchev–Trinajstić information content (AvgIpc) is 3.92. The zero-order chi connectivity index (χ0) is 38.5. The summed E-state index contributed by atoms with van der Waals surface area (Å²) in [4.78, 5) is 2.46. The minimum Gasteiger partial charge on any atom is -0.456 e. The third kappa shape index (κ3) is 4.74. The van der Waals surface area contributed by atoms with Gasteiger partial charge in [0, 0.05) is 38.4 Å². The maximum absolute atomic E-state index is 6.90. The molecule has 12 rings (SSSR count). The number of nitrogens with zero attached hydrogens (tertiary/aromatic N) is 1. The normalized spacial score (nSPS) is 13.1. The first kappa shape index (κ1) is 32.8. The second-order valence-electron chi connectivity index (χ2n) is 16.0. The van der Waals surface area contributed by atoms with Crippen LogP contribution in [0.3, 0.4) is 0 Å². The van der Waals surface area contributed by atoms with Gasteiger partial charge in [-0.1, -0.05) is 147 Å². The van der Waals surface area contributed by atoms with Gasteiger partial charge in [0.2, 0.25) is 0 Å². The van der Waals surface area contributed by atoms with Gasteiger partial charge < -0.3 is 13.7 Å². The molecule has 0 unspecified atom stereocenters. The Bertz CT molecular complexity index is 3440. The lowest BCUT2D eigenvalue weighted by molar-refractivity contribution is 0.660. The Kier molecular flexibility index (Phi) is 6.98. The molecule has 11 aromatic rings. The van der Waals surface area contributed by atoms with E-state index in [0.29, 0.717) is 0 Å². The van der Waals surface area contributed by atoms with Crippen LogP contribution in [-0.2, 0) is 5.41 Å². The van der Waals surface area contributed by atoms with E-state index >= 15 is 0 Å². The summed E-state index contributed by atoms with van der Waals surface area (Å²) in [6.07, 6.45) is 0. The third-order valence-corrected chi connectivity index (χ3v) is 12.5. The van der Waals surface area contributed by atoms with Crippen LogP contribution in [0.5, 0.6) is 0 Å². The number of fused-ring (bicyclic) bond motifs is 10. The molecular weight excluding hydrogens is 707 g/mol. The third-order valence-electron chi connectivity index (χ3n) is 12.5. The van der Waals surface area contributed by atoms with E-state index in [2.05, 4.69) is 195 Å². The number of anilines is 3. The van der Waals surface area contributed by atoms with E-state index in [1.54, 1.807) is 0 Å².